The van der Waals surface area contributed by atoms with Crippen LogP contribution in [0.3, 0.4) is 0 Å². The molecular formula is C17H19Cl2N3O2. The average Bonchev–Trinajstić information content (AvgIpc) is 3.02. The van der Waals surface area contributed by atoms with E-state index in [9.17, 15) is 4.79 Å². The van der Waals surface area contributed by atoms with E-state index in [1.54, 1.807) is 24.4 Å². The van der Waals surface area contributed by atoms with E-state index >= 15 is 0 Å². The first-order valence-electron chi connectivity index (χ1n) is 8.02. The highest BCUT2D eigenvalue weighted by molar-refractivity contribution is 6.36. The van der Waals surface area contributed by atoms with Crippen LogP contribution in [0.4, 0.5) is 0 Å². The van der Waals surface area contributed by atoms with E-state index in [2.05, 4.69) is 15.6 Å². The van der Waals surface area contributed by atoms with Gasteiger partial charge < -0.3 is 15.1 Å². The van der Waals surface area contributed by atoms with Gasteiger partial charge in [-0.2, -0.15) is 0 Å². The second-order valence-corrected chi connectivity index (χ2v) is 6.68. The highest BCUT2D eigenvalue weighted by Crippen LogP contribution is 2.30. The van der Waals surface area contributed by atoms with Gasteiger partial charge in [0.05, 0.1) is 11.2 Å². The van der Waals surface area contributed by atoms with Gasteiger partial charge in [0.1, 0.15) is 0 Å². The number of piperidine rings is 1. The van der Waals surface area contributed by atoms with Gasteiger partial charge in [0.15, 0.2) is 11.7 Å². The molecule has 0 atom stereocenters. The van der Waals surface area contributed by atoms with E-state index in [0.29, 0.717) is 34.5 Å². The molecule has 128 valence electrons. The lowest BCUT2D eigenvalue weighted by atomic mass is 10.1. The number of carbonyl (C=O) groups excluding carboxylic acids is 1. The van der Waals surface area contributed by atoms with Gasteiger partial charge >= 0.3 is 0 Å². The third-order valence-corrected chi connectivity index (χ3v) is 4.57. The van der Waals surface area contributed by atoms with Crippen molar-refractivity contribution in [3.63, 3.8) is 0 Å². The molecular weight excluding hydrogens is 349 g/mol. The van der Waals surface area contributed by atoms with Crippen LogP contribution in [0.25, 0.3) is 11.3 Å². The fourth-order valence-electron chi connectivity index (χ4n) is 2.73. The van der Waals surface area contributed by atoms with Gasteiger partial charge in [0, 0.05) is 29.5 Å². The van der Waals surface area contributed by atoms with E-state index in [4.69, 9.17) is 27.6 Å². The lowest BCUT2D eigenvalue weighted by Crippen LogP contribution is -2.42. The Morgan fingerprint density at radius 3 is 2.88 bits per heavy atom. The second-order valence-electron chi connectivity index (χ2n) is 5.83. The van der Waals surface area contributed by atoms with Crippen molar-refractivity contribution in [2.24, 2.45) is 0 Å². The molecule has 1 fully saturated rings. The number of benzene rings is 1. The predicted molar refractivity (Wildman–Crippen MR) is 94.3 cm³/mol. The Balaban J connectivity index is 1.55. The van der Waals surface area contributed by atoms with Crippen molar-refractivity contribution in [1.29, 1.82) is 0 Å². The number of amides is 1. The molecule has 2 heterocycles. The first-order valence-corrected chi connectivity index (χ1v) is 8.77. The first kappa shape index (κ1) is 17.3. The molecule has 1 aliphatic heterocycles. The molecule has 0 unspecified atom stereocenters. The summed E-state index contributed by atoms with van der Waals surface area (Å²) in [6.07, 6.45) is 4.39. The first-order chi connectivity index (χ1) is 11.6. The molecule has 1 aliphatic rings. The van der Waals surface area contributed by atoms with Crippen LogP contribution in [0.1, 0.15) is 25.2 Å². The van der Waals surface area contributed by atoms with Crippen molar-refractivity contribution in [3.8, 4) is 11.3 Å². The fraction of sp³-hybridized carbons (Fsp3) is 0.412. The lowest BCUT2D eigenvalue weighted by molar-refractivity contribution is -0.122. The highest BCUT2D eigenvalue weighted by Gasteiger charge is 2.16. The summed E-state index contributed by atoms with van der Waals surface area (Å²) < 4.78 is 5.70. The van der Waals surface area contributed by atoms with Crippen LogP contribution in [0.2, 0.25) is 10.0 Å². The van der Waals surface area contributed by atoms with Crippen molar-refractivity contribution >= 4 is 29.1 Å². The minimum Gasteiger partial charge on any atom is -0.441 e. The summed E-state index contributed by atoms with van der Waals surface area (Å²) in [5.41, 5.74) is 0.735. The molecule has 0 bridgehead atoms. The summed E-state index contributed by atoms with van der Waals surface area (Å²) in [7, 11) is 0. The van der Waals surface area contributed by atoms with Crippen molar-refractivity contribution < 1.29 is 9.21 Å². The summed E-state index contributed by atoms with van der Waals surface area (Å²) in [6.45, 7) is 1.91. The Morgan fingerprint density at radius 1 is 1.33 bits per heavy atom. The summed E-state index contributed by atoms with van der Waals surface area (Å²) in [6, 6.07) is 5.47. The maximum atomic E-state index is 12.0. The van der Waals surface area contributed by atoms with E-state index in [1.807, 2.05) is 0 Å². The Morgan fingerprint density at radius 2 is 2.12 bits per heavy atom. The number of aryl methyl sites for hydroxylation is 1. The molecule has 0 aliphatic carbocycles. The zero-order valence-electron chi connectivity index (χ0n) is 13.1. The van der Waals surface area contributed by atoms with Crippen molar-refractivity contribution in [1.82, 2.24) is 15.6 Å². The highest BCUT2D eigenvalue weighted by atomic mass is 35.5. The number of aromatic nitrogens is 1. The molecule has 0 radical (unpaired) electrons. The monoisotopic (exact) mass is 367 g/mol. The number of nitrogens with one attached hydrogen (secondary N) is 2. The number of rotatable bonds is 5. The van der Waals surface area contributed by atoms with Crippen LogP contribution in [0, 0.1) is 0 Å². The molecule has 24 heavy (non-hydrogen) atoms. The molecule has 2 N–H and O–H groups in total. The van der Waals surface area contributed by atoms with Gasteiger partial charge in [-0.3, -0.25) is 4.79 Å². The summed E-state index contributed by atoms with van der Waals surface area (Å²) in [5, 5.41) is 7.41. The normalized spacial score (nSPS) is 15.4. The maximum Gasteiger partial charge on any atom is 0.220 e. The quantitative estimate of drug-likeness (QED) is 0.848. The molecule has 0 saturated carbocycles. The van der Waals surface area contributed by atoms with Crippen LogP contribution in [0.5, 0.6) is 0 Å². The van der Waals surface area contributed by atoms with Gasteiger partial charge in [-0.1, -0.05) is 23.2 Å². The number of hydrogen-bond acceptors (Lipinski definition) is 4. The minimum absolute atomic E-state index is 0.0335. The van der Waals surface area contributed by atoms with E-state index in [1.165, 1.54) is 0 Å². The minimum atomic E-state index is 0.0335. The zero-order chi connectivity index (χ0) is 16.9. The third kappa shape index (κ3) is 4.50. The summed E-state index contributed by atoms with van der Waals surface area (Å²) in [5.74, 6) is 1.13. The Kier molecular flexibility index (Phi) is 5.76. The lowest BCUT2D eigenvalue weighted by Gasteiger charge is -2.23. The molecule has 7 heteroatoms. The van der Waals surface area contributed by atoms with E-state index < -0.39 is 0 Å². The van der Waals surface area contributed by atoms with Crippen LogP contribution in [0.15, 0.2) is 28.8 Å². The van der Waals surface area contributed by atoms with Crippen LogP contribution in [-0.4, -0.2) is 30.0 Å². The molecule has 1 aromatic heterocycles. The van der Waals surface area contributed by atoms with Gasteiger partial charge in [0.2, 0.25) is 5.91 Å². The van der Waals surface area contributed by atoms with Gasteiger partial charge in [0.25, 0.3) is 0 Å². The summed E-state index contributed by atoms with van der Waals surface area (Å²) in [4.78, 5) is 16.2. The molecule has 1 saturated heterocycles. The number of nitrogens with zero attached hydrogens (tertiary/aromatic N) is 1. The van der Waals surface area contributed by atoms with Crippen molar-refractivity contribution in [3.05, 3.63) is 40.3 Å². The molecule has 1 aromatic carbocycles. The Labute approximate surface area is 150 Å². The second kappa shape index (κ2) is 8.01. The third-order valence-electron chi connectivity index (χ3n) is 4.02. The Bertz CT molecular complexity index is 712. The van der Waals surface area contributed by atoms with Crippen molar-refractivity contribution in [2.45, 2.75) is 31.7 Å². The number of oxazole rings is 1. The number of carbonyl (C=O) groups is 1. The van der Waals surface area contributed by atoms with Crippen LogP contribution >= 0.6 is 23.2 Å². The van der Waals surface area contributed by atoms with E-state index in [-0.39, 0.29) is 11.9 Å². The van der Waals surface area contributed by atoms with Crippen LogP contribution in [-0.2, 0) is 11.2 Å². The predicted octanol–water partition coefficient (Wildman–Crippen LogP) is 3.45. The molecule has 1 amide bonds. The number of halogens is 2. The zero-order valence-corrected chi connectivity index (χ0v) is 14.7. The smallest absolute Gasteiger partial charge is 0.220 e. The fourth-order valence-corrected chi connectivity index (χ4v) is 3.23. The number of hydrogen-bond donors (Lipinski definition) is 2. The Hall–Kier alpha value is -1.56. The topological polar surface area (TPSA) is 67.2 Å². The largest absolute Gasteiger partial charge is 0.441 e. The van der Waals surface area contributed by atoms with Crippen molar-refractivity contribution in [2.75, 3.05) is 13.1 Å². The maximum absolute atomic E-state index is 12.0. The van der Waals surface area contributed by atoms with E-state index in [0.717, 1.165) is 31.5 Å². The van der Waals surface area contributed by atoms with Gasteiger partial charge in [-0.25, -0.2) is 4.98 Å². The molecule has 3 rings (SSSR count). The average molecular weight is 368 g/mol. The molecule has 0 spiro atoms. The standard InChI is InChI=1S/C17H19Cl2N3O2/c18-11-1-2-13(14(19)9-11)15-10-21-17(24-15)4-3-16(23)22-12-5-7-20-8-6-12/h1-2,9-10,12,20H,3-8H2,(H,22,23). The molecule has 2 aromatic rings. The van der Waals surface area contributed by atoms with Crippen LogP contribution < -0.4 is 10.6 Å². The molecule has 5 nitrogen and oxygen atoms in total. The summed E-state index contributed by atoms with van der Waals surface area (Å²) >= 11 is 12.1. The van der Waals surface area contributed by atoms with Gasteiger partial charge in [-0.05, 0) is 44.1 Å². The SMILES string of the molecule is O=C(CCc1ncc(-c2ccc(Cl)cc2Cl)o1)NC1CCNCC1. The van der Waals surface area contributed by atoms with Gasteiger partial charge in [-0.15, -0.1) is 0 Å².